The van der Waals surface area contributed by atoms with E-state index in [0.29, 0.717) is 50.0 Å². The molecule has 0 radical (unpaired) electrons. The number of carbonyl (C=O) groups excluding carboxylic acids is 2. The Morgan fingerprint density at radius 2 is 1.72 bits per heavy atom. The number of urea groups is 1. The average molecular weight is 565 g/mol. The van der Waals surface area contributed by atoms with Gasteiger partial charge in [0.25, 0.3) is 0 Å². The minimum absolute atomic E-state index is 0. The standard InChI is InChI=1S/C26H37FN8O3.ClH/c1-26(2,29)23(36)33-11-13-34(14-12-33)24(37)31-22-9-10-35(25(38)32-22)20-8-3-17(21(27)15-20)16-30-19-6-4-18(28)5-7-19;/h3,8-10,15,18-19,30H,4-7,11-14,16,28-29H2,1-2H3,(H,31,32,37,38);1H. The van der Waals surface area contributed by atoms with Crippen molar-refractivity contribution in [3.05, 3.63) is 52.3 Å². The molecule has 1 aromatic carbocycles. The Bertz CT molecular complexity index is 1220. The third-order valence-electron chi connectivity index (χ3n) is 7.11. The van der Waals surface area contributed by atoms with E-state index >= 15 is 0 Å². The molecule has 39 heavy (non-hydrogen) atoms. The fraction of sp³-hybridized carbons (Fsp3) is 0.538. The van der Waals surface area contributed by atoms with Crippen LogP contribution in [-0.2, 0) is 11.3 Å². The number of hydrogen-bond acceptors (Lipinski definition) is 7. The van der Waals surface area contributed by atoms with E-state index < -0.39 is 23.1 Å². The van der Waals surface area contributed by atoms with Crippen molar-refractivity contribution in [1.29, 1.82) is 0 Å². The topological polar surface area (TPSA) is 152 Å². The third-order valence-corrected chi connectivity index (χ3v) is 7.11. The van der Waals surface area contributed by atoms with Gasteiger partial charge in [-0.3, -0.25) is 14.7 Å². The van der Waals surface area contributed by atoms with Crippen molar-refractivity contribution in [3.63, 3.8) is 0 Å². The van der Waals surface area contributed by atoms with Crippen LogP contribution < -0.4 is 27.8 Å². The number of amides is 3. The first kappa shape index (κ1) is 30.5. The van der Waals surface area contributed by atoms with E-state index in [4.69, 9.17) is 11.5 Å². The summed E-state index contributed by atoms with van der Waals surface area (Å²) in [4.78, 5) is 44.8. The van der Waals surface area contributed by atoms with Crippen LogP contribution in [0, 0.1) is 5.82 Å². The second-order valence-electron chi connectivity index (χ2n) is 10.7. The summed E-state index contributed by atoms with van der Waals surface area (Å²) < 4.78 is 16.0. The lowest BCUT2D eigenvalue weighted by Gasteiger charge is -2.37. The number of rotatable bonds is 6. The normalized spacial score (nSPS) is 19.8. The molecule has 0 unspecified atom stereocenters. The lowest BCUT2D eigenvalue weighted by atomic mass is 9.92. The van der Waals surface area contributed by atoms with Gasteiger partial charge in [0.2, 0.25) is 5.91 Å². The van der Waals surface area contributed by atoms with Crippen LogP contribution in [0.3, 0.4) is 0 Å². The Hall–Kier alpha value is -3.06. The van der Waals surface area contributed by atoms with E-state index in [1.807, 2.05) is 0 Å². The second kappa shape index (κ2) is 12.9. The molecule has 2 fully saturated rings. The molecule has 2 heterocycles. The van der Waals surface area contributed by atoms with Crippen LogP contribution in [0.2, 0.25) is 0 Å². The second-order valence-corrected chi connectivity index (χ2v) is 10.7. The maximum Gasteiger partial charge on any atom is 0.354 e. The summed E-state index contributed by atoms with van der Waals surface area (Å²) in [6.45, 7) is 5.10. The van der Waals surface area contributed by atoms with Gasteiger partial charge in [-0.05, 0) is 57.7 Å². The van der Waals surface area contributed by atoms with E-state index in [1.54, 1.807) is 35.8 Å². The number of benzene rings is 1. The van der Waals surface area contributed by atoms with E-state index in [-0.39, 0.29) is 30.2 Å². The molecule has 13 heteroatoms. The van der Waals surface area contributed by atoms with Crippen LogP contribution in [-0.4, -0.2) is 75.1 Å². The van der Waals surface area contributed by atoms with E-state index in [0.717, 1.165) is 25.7 Å². The van der Waals surface area contributed by atoms with Crippen molar-refractivity contribution in [2.75, 3.05) is 31.5 Å². The quantitative estimate of drug-likeness (QED) is 0.415. The fourth-order valence-corrected chi connectivity index (χ4v) is 4.79. The molecule has 0 spiro atoms. The predicted molar refractivity (Wildman–Crippen MR) is 150 cm³/mol. The minimum atomic E-state index is -0.970. The van der Waals surface area contributed by atoms with Crippen molar-refractivity contribution >= 4 is 30.2 Å². The smallest absolute Gasteiger partial charge is 0.338 e. The molecular formula is C26H38ClFN8O3. The van der Waals surface area contributed by atoms with Crippen LogP contribution in [0.25, 0.3) is 5.69 Å². The van der Waals surface area contributed by atoms with Crippen molar-refractivity contribution in [2.24, 2.45) is 11.5 Å². The molecule has 6 N–H and O–H groups in total. The first-order chi connectivity index (χ1) is 18.0. The highest BCUT2D eigenvalue weighted by Crippen LogP contribution is 2.19. The van der Waals surface area contributed by atoms with Crippen LogP contribution in [0.1, 0.15) is 45.1 Å². The molecule has 2 aliphatic rings. The van der Waals surface area contributed by atoms with Gasteiger partial charge in [-0.25, -0.2) is 14.0 Å². The van der Waals surface area contributed by atoms with Crippen LogP contribution in [0.15, 0.2) is 35.3 Å². The van der Waals surface area contributed by atoms with Crippen LogP contribution >= 0.6 is 12.4 Å². The van der Waals surface area contributed by atoms with Crippen molar-refractivity contribution in [3.8, 4) is 5.69 Å². The van der Waals surface area contributed by atoms with E-state index in [1.165, 1.54) is 22.9 Å². The minimum Gasteiger partial charge on any atom is -0.338 e. The molecule has 0 atom stereocenters. The fourth-order valence-electron chi connectivity index (χ4n) is 4.79. The summed E-state index contributed by atoms with van der Waals surface area (Å²) in [6, 6.07) is 6.28. The van der Waals surface area contributed by atoms with Crippen molar-refractivity contribution in [1.82, 2.24) is 24.7 Å². The van der Waals surface area contributed by atoms with Crippen molar-refractivity contribution < 1.29 is 14.0 Å². The van der Waals surface area contributed by atoms with Gasteiger partial charge >= 0.3 is 11.7 Å². The molecule has 0 bridgehead atoms. The lowest BCUT2D eigenvalue weighted by Crippen LogP contribution is -2.58. The molecule has 1 saturated carbocycles. The maximum atomic E-state index is 14.8. The van der Waals surface area contributed by atoms with Gasteiger partial charge in [-0.2, -0.15) is 4.98 Å². The molecule has 1 aliphatic carbocycles. The summed E-state index contributed by atoms with van der Waals surface area (Å²) in [5.41, 5.74) is 11.1. The van der Waals surface area contributed by atoms with E-state index in [9.17, 15) is 18.8 Å². The number of nitrogens with zero attached hydrogens (tertiary/aromatic N) is 4. The Balaban J connectivity index is 0.00000420. The Morgan fingerprint density at radius 1 is 1.08 bits per heavy atom. The summed E-state index contributed by atoms with van der Waals surface area (Å²) in [5, 5.41) is 6.01. The number of nitrogens with one attached hydrogen (secondary N) is 2. The number of carbonyl (C=O) groups is 2. The third kappa shape index (κ3) is 7.75. The Kier molecular flexibility index (Phi) is 10.1. The molecule has 1 aliphatic heterocycles. The molecule has 214 valence electrons. The largest absolute Gasteiger partial charge is 0.354 e. The molecule has 11 nitrogen and oxygen atoms in total. The van der Waals surface area contributed by atoms with Gasteiger partial charge in [0.15, 0.2) is 0 Å². The van der Waals surface area contributed by atoms with Gasteiger partial charge in [0.05, 0.1) is 11.2 Å². The zero-order valence-corrected chi connectivity index (χ0v) is 23.2. The number of nitrogens with two attached hydrogens (primary N) is 2. The van der Waals surface area contributed by atoms with Gasteiger partial charge in [-0.15, -0.1) is 12.4 Å². The van der Waals surface area contributed by atoms with Crippen molar-refractivity contribution in [2.45, 2.75) is 63.7 Å². The summed E-state index contributed by atoms with van der Waals surface area (Å²) >= 11 is 0. The van der Waals surface area contributed by atoms with Gasteiger partial charge in [0, 0.05) is 56.6 Å². The SMILES string of the molecule is CC(C)(N)C(=O)N1CCN(C(=O)Nc2ccn(-c3ccc(CNC4CCC(N)CC4)c(F)c3)c(=O)n2)CC1.Cl. The highest BCUT2D eigenvalue weighted by atomic mass is 35.5. The van der Waals surface area contributed by atoms with Crippen LogP contribution in [0.5, 0.6) is 0 Å². The molecule has 1 saturated heterocycles. The number of halogens is 2. The predicted octanol–water partition coefficient (Wildman–Crippen LogP) is 1.57. The number of aromatic nitrogens is 2. The van der Waals surface area contributed by atoms with Crippen LogP contribution in [0.4, 0.5) is 15.0 Å². The number of piperazine rings is 1. The van der Waals surface area contributed by atoms with E-state index in [2.05, 4.69) is 15.6 Å². The molecule has 2 aromatic rings. The first-order valence-electron chi connectivity index (χ1n) is 13.0. The summed E-state index contributed by atoms with van der Waals surface area (Å²) in [6.07, 6.45) is 5.34. The summed E-state index contributed by atoms with van der Waals surface area (Å²) in [7, 11) is 0. The zero-order chi connectivity index (χ0) is 27.4. The summed E-state index contributed by atoms with van der Waals surface area (Å²) in [5.74, 6) is -0.494. The maximum absolute atomic E-state index is 14.8. The highest BCUT2D eigenvalue weighted by Gasteiger charge is 2.31. The molecule has 3 amide bonds. The van der Waals surface area contributed by atoms with Gasteiger partial charge in [0.1, 0.15) is 11.6 Å². The molecule has 4 rings (SSSR count). The lowest BCUT2D eigenvalue weighted by molar-refractivity contribution is -0.137. The monoisotopic (exact) mass is 564 g/mol. The highest BCUT2D eigenvalue weighted by molar-refractivity contribution is 5.89. The Labute approximate surface area is 233 Å². The first-order valence-corrected chi connectivity index (χ1v) is 13.0. The number of anilines is 1. The molecule has 1 aromatic heterocycles. The number of hydrogen-bond donors (Lipinski definition) is 4. The van der Waals surface area contributed by atoms with Gasteiger partial charge in [-0.1, -0.05) is 6.07 Å². The van der Waals surface area contributed by atoms with Gasteiger partial charge < -0.3 is 26.6 Å². The average Bonchev–Trinajstić information content (AvgIpc) is 2.88. The molecular weight excluding hydrogens is 527 g/mol. The zero-order valence-electron chi connectivity index (χ0n) is 22.4. The Morgan fingerprint density at radius 3 is 2.31 bits per heavy atom.